The molecule has 0 unspecified atom stereocenters. The van der Waals surface area contributed by atoms with Crippen molar-refractivity contribution in [1.82, 2.24) is 10.2 Å². The third-order valence-corrected chi connectivity index (χ3v) is 3.19. The Hall–Kier alpha value is -2.77. The lowest BCUT2D eigenvalue weighted by Crippen LogP contribution is -2.41. The van der Waals surface area contributed by atoms with Crippen LogP contribution in [0.5, 0.6) is 11.5 Å². The molecule has 0 saturated carbocycles. The molecule has 1 heterocycles. The lowest BCUT2D eigenvalue weighted by molar-refractivity contribution is -0.136. The van der Waals surface area contributed by atoms with E-state index in [0.29, 0.717) is 6.54 Å². The number of phenols is 1. The molecule has 1 fully saturated rings. The third kappa shape index (κ3) is 2.95. The second-order valence-electron chi connectivity index (χ2n) is 4.63. The monoisotopic (exact) mass is 308 g/mol. The van der Waals surface area contributed by atoms with Gasteiger partial charge in [-0.25, -0.2) is 9.59 Å². The highest BCUT2D eigenvalue weighted by atomic mass is 16.5. The number of ether oxygens (including phenoxy) is 2. The Kier molecular flexibility index (Phi) is 4.50. The molecular formula is C14H16N2O6. The highest BCUT2D eigenvalue weighted by Gasteiger charge is 2.32. The van der Waals surface area contributed by atoms with Gasteiger partial charge in [0.25, 0.3) is 5.91 Å². The molecule has 1 atom stereocenters. The summed E-state index contributed by atoms with van der Waals surface area (Å²) in [4.78, 5) is 36.5. The number of carbonyl (C=O) groups excluding carboxylic acids is 3. The van der Waals surface area contributed by atoms with Gasteiger partial charge in [0.05, 0.1) is 7.11 Å². The molecular weight excluding hydrogens is 292 g/mol. The standard InChI is InChI=1S/C14H16N2O6/c1-8(12(18)16-7-6-15-14(16)20)22-13(19)9-4-3-5-10(21-2)11(9)17/h3-5,8,17H,6-7H2,1-2H3,(H,15,20)/t8-/m0/s1. The van der Waals surface area contributed by atoms with Gasteiger partial charge in [-0.05, 0) is 19.1 Å². The van der Waals surface area contributed by atoms with Crippen molar-refractivity contribution in [3.8, 4) is 11.5 Å². The summed E-state index contributed by atoms with van der Waals surface area (Å²) < 4.78 is 9.91. The van der Waals surface area contributed by atoms with Crippen molar-refractivity contribution in [2.75, 3.05) is 20.2 Å². The predicted octanol–water partition coefficient (Wildman–Crippen LogP) is 0.498. The summed E-state index contributed by atoms with van der Waals surface area (Å²) in [5.74, 6) is -1.75. The van der Waals surface area contributed by atoms with Crippen molar-refractivity contribution >= 4 is 17.9 Å². The molecule has 1 aromatic rings. The molecule has 8 nitrogen and oxygen atoms in total. The zero-order valence-electron chi connectivity index (χ0n) is 12.2. The number of imide groups is 1. The van der Waals surface area contributed by atoms with Crippen LogP contribution in [0.1, 0.15) is 17.3 Å². The number of phenolic OH excluding ortho intramolecular Hbond substituents is 1. The van der Waals surface area contributed by atoms with Gasteiger partial charge in [0.15, 0.2) is 17.6 Å². The largest absolute Gasteiger partial charge is 0.504 e. The first-order chi connectivity index (χ1) is 10.5. The van der Waals surface area contributed by atoms with E-state index in [1.807, 2.05) is 0 Å². The lowest BCUT2D eigenvalue weighted by atomic mass is 10.2. The Morgan fingerprint density at radius 2 is 2.14 bits per heavy atom. The minimum absolute atomic E-state index is 0.118. The molecule has 1 aliphatic rings. The third-order valence-electron chi connectivity index (χ3n) is 3.19. The summed E-state index contributed by atoms with van der Waals surface area (Å²) in [7, 11) is 1.35. The Morgan fingerprint density at radius 1 is 1.41 bits per heavy atom. The number of nitrogens with zero attached hydrogens (tertiary/aromatic N) is 1. The van der Waals surface area contributed by atoms with Crippen LogP contribution in [0.2, 0.25) is 0 Å². The maximum atomic E-state index is 12.0. The van der Waals surface area contributed by atoms with Crippen LogP contribution < -0.4 is 10.1 Å². The van der Waals surface area contributed by atoms with Crippen molar-refractivity contribution in [1.29, 1.82) is 0 Å². The van der Waals surface area contributed by atoms with Crippen LogP contribution in [0.15, 0.2) is 18.2 Å². The first kappa shape index (κ1) is 15.6. The lowest BCUT2D eigenvalue weighted by Gasteiger charge is -2.18. The van der Waals surface area contributed by atoms with Crippen LogP contribution in [0.4, 0.5) is 4.79 Å². The summed E-state index contributed by atoms with van der Waals surface area (Å²) in [5.41, 5.74) is -0.120. The molecule has 8 heteroatoms. The molecule has 1 aromatic carbocycles. The minimum atomic E-state index is -1.15. The molecule has 2 rings (SSSR count). The molecule has 22 heavy (non-hydrogen) atoms. The van der Waals surface area contributed by atoms with Crippen LogP contribution in [0, 0.1) is 0 Å². The van der Waals surface area contributed by atoms with Crippen molar-refractivity contribution in [2.45, 2.75) is 13.0 Å². The van der Waals surface area contributed by atoms with E-state index >= 15 is 0 Å². The molecule has 1 saturated heterocycles. The van der Waals surface area contributed by atoms with E-state index in [0.717, 1.165) is 4.90 Å². The Bertz CT molecular complexity index is 615. The second-order valence-corrected chi connectivity index (χ2v) is 4.63. The van der Waals surface area contributed by atoms with Gasteiger partial charge in [-0.3, -0.25) is 9.69 Å². The van der Waals surface area contributed by atoms with E-state index in [1.165, 1.54) is 32.2 Å². The topological polar surface area (TPSA) is 105 Å². The number of benzene rings is 1. The minimum Gasteiger partial charge on any atom is -0.504 e. The molecule has 0 bridgehead atoms. The molecule has 0 radical (unpaired) electrons. The van der Waals surface area contributed by atoms with Gasteiger partial charge in [0.2, 0.25) is 0 Å². The number of amides is 3. The summed E-state index contributed by atoms with van der Waals surface area (Å²) in [6, 6.07) is 3.82. The SMILES string of the molecule is COc1cccc(C(=O)O[C@@H](C)C(=O)N2CCNC2=O)c1O. The van der Waals surface area contributed by atoms with E-state index in [-0.39, 0.29) is 23.6 Å². The first-order valence-corrected chi connectivity index (χ1v) is 6.62. The van der Waals surface area contributed by atoms with Gasteiger partial charge in [-0.15, -0.1) is 0 Å². The highest BCUT2D eigenvalue weighted by Crippen LogP contribution is 2.30. The van der Waals surface area contributed by atoms with E-state index in [9.17, 15) is 19.5 Å². The number of urea groups is 1. The van der Waals surface area contributed by atoms with E-state index in [4.69, 9.17) is 9.47 Å². The molecule has 0 aromatic heterocycles. The van der Waals surface area contributed by atoms with Crippen LogP contribution in [0.25, 0.3) is 0 Å². The number of hydrogen-bond donors (Lipinski definition) is 2. The number of nitrogens with one attached hydrogen (secondary N) is 1. The Labute approximate surface area is 126 Å². The van der Waals surface area contributed by atoms with E-state index < -0.39 is 24.0 Å². The van der Waals surface area contributed by atoms with Gasteiger partial charge in [0.1, 0.15) is 5.56 Å². The number of aromatic hydroxyl groups is 1. The first-order valence-electron chi connectivity index (χ1n) is 6.62. The fraction of sp³-hybridized carbons (Fsp3) is 0.357. The second kappa shape index (κ2) is 6.33. The van der Waals surface area contributed by atoms with Crippen molar-refractivity contribution in [3.63, 3.8) is 0 Å². The van der Waals surface area contributed by atoms with Crippen LogP contribution >= 0.6 is 0 Å². The average molecular weight is 308 g/mol. The quantitative estimate of drug-likeness (QED) is 0.785. The average Bonchev–Trinajstić information content (AvgIpc) is 2.92. The van der Waals surface area contributed by atoms with Gasteiger partial charge in [0, 0.05) is 13.1 Å². The number of esters is 1. The molecule has 1 aliphatic heterocycles. The molecule has 118 valence electrons. The zero-order chi connectivity index (χ0) is 16.3. The highest BCUT2D eigenvalue weighted by molar-refractivity contribution is 6.00. The van der Waals surface area contributed by atoms with Crippen molar-refractivity contribution in [3.05, 3.63) is 23.8 Å². The maximum Gasteiger partial charge on any atom is 0.342 e. The molecule has 2 N–H and O–H groups in total. The zero-order valence-corrected chi connectivity index (χ0v) is 12.2. The number of para-hydroxylation sites is 1. The number of carbonyl (C=O) groups is 3. The van der Waals surface area contributed by atoms with Crippen LogP contribution in [-0.2, 0) is 9.53 Å². The van der Waals surface area contributed by atoms with Crippen LogP contribution in [0.3, 0.4) is 0 Å². The fourth-order valence-corrected chi connectivity index (χ4v) is 2.03. The summed E-state index contributed by atoms with van der Waals surface area (Å²) in [6.07, 6.45) is -1.15. The maximum absolute atomic E-state index is 12.0. The smallest absolute Gasteiger partial charge is 0.342 e. The normalized spacial score (nSPS) is 15.2. The van der Waals surface area contributed by atoms with Gasteiger partial charge < -0.3 is 19.9 Å². The van der Waals surface area contributed by atoms with E-state index in [2.05, 4.69) is 5.32 Å². The van der Waals surface area contributed by atoms with Crippen molar-refractivity contribution in [2.24, 2.45) is 0 Å². The van der Waals surface area contributed by atoms with Gasteiger partial charge in [-0.1, -0.05) is 6.07 Å². The predicted molar refractivity (Wildman–Crippen MR) is 74.6 cm³/mol. The van der Waals surface area contributed by atoms with Crippen molar-refractivity contribution < 1.29 is 29.0 Å². The summed E-state index contributed by atoms with van der Waals surface area (Å²) >= 11 is 0. The fourth-order valence-electron chi connectivity index (χ4n) is 2.03. The number of rotatable bonds is 4. The molecule has 0 aliphatic carbocycles. The summed E-state index contributed by atoms with van der Waals surface area (Å²) in [6.45, 7) is 1.95. The number of hydrogen-bond acceptors (Lipinski definition) is 6. The summed E-state index contributed by atoms with van der Waals surface area (Å²) in [5, 5.41) is 12.4. The Morgan fingerprint density at radius 3 is 2.73 bits per heavy atom. The van der Waals surface area contributed by atoms with Gasteiger partial charge >= 0.3 is 12.0 Å². The molecule has 0 spiro atoms. The molecule has 3 amide bonds. The van der Waals surface area contributed by atoms with Crippen LogP contribution in [-0.4, -0.2) is 54.2 Å². The van der Waals surface area contributed by atoms with E-state index in [1.54, 1.807) is 0 Å². The number of methoxy groups -OCH3 is 1. The Balaban J connectivity index is 2.08. The van der Waals surface area contributed by atoms with Gasteiger partial charge in [-0.2, -0.15) is 0 Å².